The van der Waals surface area contributed by atoms with Crippen LogP contribution in [0.2, 0.25) is 0 Å². The highest BCUT2D eigenvalue weighted by atomic mass is 15.1. The summed E-state index contributed by atoms with van der Waals surface area (Å²) in [6.45, 7) is 2.14. The van der Waals surface area contributed by atoms with Gasteiger partial charge in [-0.2, -0.15) is 0 Å². The van der Waals surface area contributed by atoms with Crippen LogP contribution in [0.5, 0.6) is 0 Å². The molecule has 0 saturated carbocycles. The standard InChI is InChI=1S/C39H30N2/c1-28-11-10-16-35(27-28)41(33-14-6-3-7-15-33)34-25-23-30(24-26-34)29-19-21-31(22-20-29)36-17-8-9-18-37(36)39-38(40-39)32-12-4-2-5-13-32/h2-27,40H,1H3. The maximum atomic E-state index is 3.52. The molecule has 41 heavy (non-hydrogen) atoms. The van der Waals surface area contributed by atoms with Crippen LogP contribution >= 0.6 is 0 Å². The minimum absolute atomic E-state index is 1.13. The molecule has 1 aliphatic rings. The molecule has 1 N–H and O–H groups in total. The van der Waals surface area contributed by atoms with E-state index in [1.54, 1.807) is 0 Å². The maximum absolute atomic E-state index is 3.52. The Labute approximate surface area is 241 Å². The van der Waals surface area contributed by atoms with Gasteiger partial charge in [0, 0.05) is 28.2 Å². The highest BCUT2D eigenvalue weighted by Crippen LogP contribution is 2.40. The van der Waals surface area contributed by atoms with Crippen LogP contribution in [0.1, 0.15) is 16.7 Å². The average molecular weight is 527 g/mol. The summed E-state index contributed by atoms with van der Waals surface area (Å²) in [5.74, 6) is 0. The summed E-state index contributed by atoms with van der Waals surface area (Å²) in [5, 5.41) is 3.52. The Kier molecular flexibility index (Phi) is 6.42. The summed E-state index contributed by atoms with van der Waals surface area (Å²) in [7, 11) is 0. The van der Waals surface area contributed by atoms with Gasteiger partial charge in [-0.05, 0) is 71.1 Å². The largest absolute Gasteiger partial charge is 0.351 e. The predicted molar refractivity (Wildman–Crippen MR) is 173 cm³/mol. The number of nitrogens with zero attached hydrogens (tertiary/aromatic N) is 1. The first-order valence-electron chi connectivity index (χ1n) is 14.0. The lowest BCUT2D eigenvalue weighted by molar-refractivity contribution is 1.27. The van der Waals surface area contributed by atoms with Crippen molar-refractivity contribution in [2.45, 2.75) is 6.92 Å². The third kappa shape index (κ3) is 5.04. The van der Waals surface area contributed by atoms with Gasteiger partial charge in [0.25, 0.3) is 0 Å². The van der Waals surface area contributed by atoms with Crippen LogP contribution in [-0.2, 0) is 0 Å². The first kappa shape index (κ1) is 24.7. The zero-order valence-electron chi connectivity index (χ0n) is 23.0. The average Bonchev–Trinajstić information content (AvgIpc) is 3.84. The molecule has 6 aromatic rings. The smallest absolute Gasteiger partial charge is 0.0710 e. The summed E-state index contributed by atoms with van der Waals surface area (Å²) in [4.78, 5) is 2.31. The molecule has 0 unspecified atom stereocenters. The number of aryl methyl sites for hydroxylation is 1. The van der Waals surface area contributed by atoms with E-state index in [0.29, 0.717) is 0 Å². The van der Waals surface area contributed by atoms with Crippen molar-refractivity contribution in [3.05, 3.63) is 174 Å². The van der Waals surface area contributed by atoms with Gasteiger partial charge in [0.1, 0.15) is 0 Å². The Hall–Kier alpha value is -5.34. The monoisotopic (exact) mass is 526 g/mol. The molecule has 1 aliphatic heterocycles. The van der Waals surface area contributed by atoms with Crippen LogP contribution in [0.4, 0.5) is 17.1 Å². The summed E-state index contributed by atoms with van der Waals surface area (Å²) in [5.41, 5.74) is 14.4. The minimum Gasteiger partial charge on any atom is -0.351 e. The van der Waals surface area contributed by atoms with Crippen molar-refractivity contribution in [2.24, 2.45) is 0 Å². The van der Waals surface area contributed by atoms with Crippen LogP contribution in [0.25, 0.3) is 33.6 Å². The molecule has 2 nitrogen and oxygen atoms in total. The fourth-order valence-corrected chi connectivity index (χ4v) is 5.51. The van der Waals surface area contributed by atoms with E-state index in [-0.39, 0.29) is 0 Å². The second-order valence-corrected chi connectivity index (χ2v) is 10.4. The van der Waals surface area contributed by atoms with Crippen LogP contribution in [0.3, 0.4) is 0 Å². The summed E-state index contributed by atoms with van der Waals surface area (Å²) in [6.07, 6.45) is 0. The van der Waals surface area contributed by atoms with Gasteiger partial charge in [0.2, 0.25) is 0 Å². The molecule has 0 aromatic heterocycles. The Bertz CT molecular complexity index is 1830. The van der Waals surface area contributed by atoms with Gasteiger partial charge in [0.15, 0.2) is 0 Å². The molecule has 0 atom stereocenters. The zero-order valence-corrected chi connectivity index (χ0v) is 23.0. The van der Waals surface area contributed by atoms with Gasteiger partial charge in [-0.1, -0.05) is 121 Å². The quantitative estimate of drug-likeness (QED) is 0.224. The molecule has 0 radical (unpaired) electrons. The van der Waals surface area contributed by atoms with E-state index in [1.807, 2.05) is 0 Å². The van der Waals surface area contributed by atoms with E-state index < -0.39 is 0 Å². The Morgan fingerprint density at radius 1 is 0.390 bits per heavy atom. The Morgan fingerprint density at radius 3 is 1.61 bits per heavy atom. The van der Waals surface area contributed by atoms with Gasteiger partial charge in [-0.3, -0.25) is 0 Å². The Balaban J connectivity index is 1.17. The summed E-state index contributed by atoms with van der Waals surface area (Å²) in [6, 6.07) is 56.1. The third-order valence-corrected chi connectivity index (χ3v) is 7.63. The molecule has 196 valence electrons. The zero-order chi connectivity index (χ0) is 27.6. The molecule has 0 saturated heterocycles. The third-order valence-electron chi connectivity index (χ3n) is 7.63. The second-order valence-electron chi connectivity index (χ2n) is 10.4. The highest BCUT2D eigenvalue weighted by molar-refractivity contribution is 6.07. The molecule has 0 fully saturated rings. The van der Waals surface area contributed by atoms with Gasteiger partial charge in [-0.15, -0.1) is 0 Å². The van der Waals surface area contributed by atoms with E-state index in [4.69, 9.17) is 0 Å². The van der Waals surface area contributed by atoms with E-state index in [1.165, 1.54) is 50.3 Å². The van der Waals surface area contributed by atoms with Crippen LogP contribution < -0.4 is 10.2 Å². The number of para-hydroxylation sites is 1. The van der Waals surface area contributed by atoms with Crippen LogP contribution in [0.15, 0.2) is 158 Å². The van der Waals surface area contributed by atoms with E-state index in [9.17, 15) is 0 Å². The topological polar surface area (TPSA) is 25.2 Å². The van der Waals surface area contributed by atoms with Gasteiger partial charge in [0.05, 0.1) is 11.4 Å². The molecule has 1 heterocycles. The number of hydrogen-bond donors (Lipinski definition) is 1. The summed E-state index contributed by atoms with van der Waals surface area (Å²) < 4.78 is 0. The van der Waals surface area contributed by atoms with Crippen LogP contribution in [0, 0.1) is 6.92 Å². The van der Waals surface area contributed by atoms with Crippen molar-refractivity contribution in [3.8, 4) is 22.3 Å². The molecule has 0 bridgehead atoms. The first-order chi connectivity index (χ1) is 20.2. The van der Waals surface area contributed by atoms with Crippen LogP contribution in [-0.4, -0.2) is 0 Å². The molecule has 2 heteroatoms. The molecule has 0 aliphatic carbocycles. The molecule has 7 rings (SSSR count). The van der Waals surface area contributed by atoms with Gasteiger partial charge < -0.3 is 10.2 Å². The van der Waals surface area contributed by atoms with Crippen molar-refractivity contribution in [1.29, 1.82) is 0 Å². The fraction of sp³-hybridized carbons (Fsp3) is 0.0256. The number of hydrogen-bond acceptors (Lipinski definition) is 2. The lowest BCUT2D eigenvalue weighted by Crippen LogP contribution is -2.09. The number of benzene rings is 6. The normalized spacial score (nSPS) is 12.1. The van der Waals surface area contributed by atoms with E-state index in [2.05, 4.69) is 175 Å². The van der Waals surface area contributed by atoms with E-state index >= 15 is 0 Å². The second kappa shape index (κ2) is 10.7. The van der Waals surface area contributed by atoms with Crippen molar-refractivity contribution >= 4 is 28.5 Å². The SMILES string of the molecule is Cc1cccc(N(c2ccccc2)c2ccc(-c3ccc(-c4ccccc4C4=C(c5ccccc5)N4)cc3)cc2)c1. The number of nitrogens with one attached hydrogen (secondary N) is 1. The molecular formula is C39H30N2. The van der Waals surface area contributed by atoms with Crippen molar-refractivity contribution in [3.63, 3.8) is 0 Å². The number of rotatable bonds is 7. The molecule has 0 amide bonds. The maximum Gasteiger partial charge on any atom is 0.0710 e. The van der Waals surface area contributed by atoms with Gasteiger partial charge in [-0.25, -0.2) is 0 Å². The molecule has 0 spiro atoms. The first-order valence-corrected chi connectivity index (χ1v) is 14.0. The van der Waals surface area contributed by atoms with E-state index in [0.717, 1.165) is 17.1 Å². The lowest BCUT2D eigenvalue weighted by atomic mass is 9.96. The lowest BCUT2D eigenvalue weighted by Gasteiger charge is -2.26. The van der Waals surface area contributed by atoms with Crippen molar-refractivity contribution in [1.82, 2.24) is 5.32 Å². The van der Waals surface area contributed by atoms with Crippen molar-refractivity contribution in [2.75, 3.05) is 4.90 Å². The highest BCUT2D eigenvalue weighted by Gasteiger charge is 2.26. The Morgan fingerprint density at radius 2 is 0.927 bits per heavy atom. The molecular weight excluding hydrogens is 496 g/mol. The van der Waals surface area contributed by atoms with Gasteiger partial charge >= 0.3 is 0 Å². The fourth-order valence-electron chi connectivity index (χ4n) is 5.51. The minimum atomic E-state index is 1.13. The van der Waals surface area contributed by atoms with Crippen molar-refractivity contribution < 1.29 is 0 Å². The predicted octanol–water partition coefficient (Wildman–Crippen LogP) is 10.2. The number of anilines is 3. The molecule has 6 aromatic carbocycles. The summed E-state index contributed by atoms with van der Waals surface area (Å²) >= 11 is 0.